The number of rotatable bonds is 4. The van der Waals surface area contributed by atoms with E-state index in [4.69, 9.17) is 9.47 Å². The Kier molecular flexibility index (Phi) is 7.33. The molecule has 0 unspecified atom stereocenters. The Morgan fingerprint density at radius 3 is 2.69 bits per heavy atom. The first-order valence-electron chi connectivity index (χ1n) is 14.1. The Labute approximate surface area is 244 Å². The summed E-state index contributed by atoms with van der Waals surface area (Å²) in [5.74, 6) is 0.927. The van der Waals surface area contributed by atoms with E-state index in [-0.39, 0.29) is 35.9 Å². The van der Waals surface area contributed by atoms with Gasteiger partial charge in [-0.15, -0.1) is 0 Å². The van der Waals surface area contributed by atoms with Crippen LogP contribution in [0.3, 0.4) is 0 Å². The molecule has 1 saturated heterocycles. The molecule has 2 aliphatic heterocycles. The smallest absolute Gasteiger partial charge is 0.253 e. The van der Waals surface area contributed by atoms with E-state index in [1.165, 1.54) is 0 Å². The molecule has 0 aliphatic carbocycles. The molecule has 0 spiro atoms. The number of amides is 2. The number of carbonyl (C=O) groups is 2. The maximum Gasteiger partial charge on any atom is 0.253 e. The Balaban J connectivity index is 1.30. The summed E-state index contributed by atoms with van der Waals surface area (Å²) < 4.78 is 13.6. The molecule has 2 aliphatic rings. The number of aromatic nitrogens is 2. The zero-order valence-electron chi connectivity index (χ0n) is 24.0. The van der Waals surface area contributed by atoms with E-state index in [0.29, 0.717) is 48.9 Å². The standard InChI is InChI=1S/C33H34N4O5/c1-20-13-21(2)37(35-20)17-23-5-4-6-25(14-23)33(40)36-18-26-24-9-11-29(41-3)31(16-24)42-30-15-22(7-10-28(30)38)8-12-32(39)34-27(26)19-36/h4-7,9-11,13-16,26-27,38H,8,12,17-19H2,1-3H3,(H,34,39)/t26-,27+/m0/s1. The molecule has 2 N–H and O–H groups in total. The molecule has 1 aromatic heterocycles. The van der Waals surface area contributed by atoms with E-state index in [1.54, 1.807) is 25.3 Å². The highest BCUT2D eigenvalue weighted by atomic mass is 16.5. The van der Waals surface area contributed by atoms with E-state index in [2.05, 4.69) is 10.4 Å². The molecule has 2 atom stereocenters. The van der Waals surface area contributed by atoms with E-state index < -0.39 is 0 Å². The summed E-state index contributed by atoms with van der Waals surface area (Å²) in [7, 11) is 1.56. The zero-order valence-corrected chi connectivity index (χ0v) is 24.0. The Morgan fingerprint density at radius 2 is 1.90 bits per heavy atom. The number of methoxy groups -OCH3 is 1. The van der Waals surface area contributed by atoms with Crippen LogP contribution in [0, 0.1) is 13.8 Å². The highest BCUT2D eigenvalue weighted by Crippen LogP contribution is 2.40. The van der Waals surface area contributed by atoms with Crippen LogP contribution in [0.2, 0.25) is 0 Å². The van der Waals surface area contributed by atoms with Crippen molar-refractivity contribution in [2.24, 2.45) is 0 Å². The van der Waals surface area contributed by atoms with Crippen molar-refractivity contribution in [1.82, 2.24) is 20.0 Å². The third kappa shape index (κ3) is 5.54. The Bertz CT molecular complexity index is 1660. The SMILES string of the molecule is COc1ccc2cc1Oc1cc(ccc1O)CCC(=O)N[C@@H]1CN(C(=O)c3cccc(Cn4nc(C)cc4C)c3)C[C@@H]21. The van der Waals surface area contributed by atoms with Crippen LogP contribution in [0.5, 0.6) is 23.0 Å². The Morgan fingerprint density at radius 1 is 1.05 bits per heavy atom. The Hall–Kier alpha value is -4.79. The molecule has 9 heteroatoms. The number of hydrogen-bond acceptors (Lipinski definition) is 6. The number of nitrogens with zero attached hydrogens (tertiary/aromatic N) is 3. The van der Waals surface area contributed by atoms with E-state index in [1.807, 2.05) is 72.0 Å². The largest absolute Gasteiger partial charge is 0.504 e. The van der Waals surface area contributed by atoms with Gasteiger partial charge >= 0.3 is 0 Å². The van der Waals surface area contributed by atoms with Gasteiger partial charge in [0.2, 0.25) is 5.91 Å². The molecule has 0 saturated carbocycles. The van der Waals surface area contributed by atoms with Gasteiger partial charge in [0, 0.05) is 36.7 Å². The summed E-state index contributed by atoms with van der Waals surface area (Å²) in [6, 6.07) is 20.1. The quantitative estimate of drug-likeness (QED) is 0.370. The summed E-state index contributed by atoms with van der Waals surface area (Å²) in [5, 5.41) is 18.2. The number of phenols is 1. The lowest BCUT2D eigenvalue weighted by molar-refractivity contribution is -0.121. The fourth-order valence-corrected chi connectivity index (χ4v) is 5.90. The number of aromatic hydroxyl groups is 1. The average molecular weight is 567 g/mol. The van der Waals surface area contributed by atoms with Gasteiger partial charge in [0.1, 0.15) is 0 Å². The molecule has 4 aromatic rings. The van der Waals surface area contributed by atoms with Gasteiger partial charge in [-0.1, -0.05) is 24.3 Å². The first-order valence-corrected chi connectivity index (χ1v) is 14.1. The fourth-order valence-electron chi connectivity index (χ4n) is 5.90. The molecule has 42 heavy (non-hydrogen) atoms. The summed E-state index contributed by atoms with van der Waals surface area (Å²) in [5.41, 5.74) is 5.38. The van der Waals surface area contributed by atoms with Crippen molar-refractivity contribution < 1.29 is 24.2 Å². The number of phenolic OH excluding ortho intramolecular Hbond substituents is 1. The fraction of sp³-hybridized carbons (Fsp3) is 0.303. The maximum absolute atomic E-state index is 13.8. The van der Waals surface area contributed by atoms with Crippen LogP contribution in [0.25, 0.3) is 0 Å². The summed E-state index contributed by atoms with van der Waals surface area (Å²) in [4.78, 5) is 28.7. The van der Waals surface area contributed by atoms with Gasteiger partial charge in [-0.25, -0.2) is 0 Å². The van der Waals surface area contributed by atoms with E-state index in [0.717, 1.165) is 28.1 Å². The molecule has 2 amide bonds. The molecule has 1 fully saturated rings. The van der Waals surface area contributed by atoms with Crippen LogP contribution in [0.1, 0.15) is 50.8 Å². The lowest BCUT2D eigenvalue weighted by atomic mass is 9.93. The highest BCUT2D eigenvalue weighted by molar-refractivity contribution is 5.94. The molecule has 6 rings (SSSR count). The van der Waals surface area contributed by atoms with Gasteiger partial charge in [-0.3, -0.25) is 14.3 Å². The number of likely N-dealkylation sites (tertiary alicyclic amines) is 1. The minimum Gasteiger partial charge on any atom is -0.504 e. The van der Waals surface area contributed by atoms with Crippen LogP contribution in [-0.4, -0.2) is 57.8 Å². The zero-order chi connectivity index (χ0) is 29.4. The van der Waals surface area contributed by atoms with Gasteiger partial charge in [-0.05, 0) is 79.4 Å². The molecule has 3 heterocycles. The summed E-state index contributed by atoms with van der Waals surface area (Å²) >= 11 is 0. The number of aryl methyl sites for hydroxylation is 3. The van der Waals surface area contributed by atoms with E-state index >= 15 is 0 Å². The monoisotopic (exact) mass is 566 g/mol. The van der Waals surface area contributed by atoms with Gasteiger partial charge in [-0.2, -0.15) is 5.10 Å². The number of hydrogen-bond donors (Lipinski definition) is 2. The highest BCUT2D eigenvalue weighted by Gasteiger charge is 2.38. The number of benzene rings is 3. The van der Waals surface area contributed by atoms with E-state index in [9.17, 15) is 14.7 Å². The van der Waals surface area contributed by atoms with Crippen molar-refractivity contribution in [2.75, 3.05) is 20.2 Å². The maximum atomic E-state index is 13.8. The van der Waals surface area contributed by atoms with Crippen LogP contribution in [0.4, 0.5) is 0 Å². The number of fused-ring (bicyclic) bond motifs is 6. The predicted octanol–water partition coefficient (Wildman–Crippen LogP) is 4.73. The van der Waals surface area contributed by atoms with Gasteiger partial charge in [0.05, 0.1) is 25.4 Å². The normalized spacial score (nSPS) is 18.2. The minimum atomic E-state index is -0.280. The molecule has 216 valence electrons. The molecular formula is C33H34N4O5. The van der Waals surface area contributed by atoms with Gasteiger partial charge in [0.15, 0.2) is 23.0 Å². The number of ether oxygens (including phenoxy) is 2. The second-order valence-corrected chi connectivity index (χ2v) is 11.1. The van der Waals surface area contributed by atoms with Crippen LogP contribution in [0.15, 0.2) is 66.7 Å². The van der Waals surface area contributed by atoms with Gasteiger partial charge < -0.3 is 24.8 Å². The van der Waals surface area contributed by atoms with Crippen LogP contribution in [-0.2, 0) is 17.8 Å². The second-order valence-electron chi connectivity index (χ2n) is 11.1. The van der Waals surface area contributed by atoms with Crippen molar-refractivity contribution in [3.63, 3.8) is 0 Å². The summed E-state index contributed by atoms with van der Waals surface area (Å²) in [6.07, 6.45) is 0.760. The third-order valence-corrected chi connectivity index (χ3v) is 8.06. The van der Waals surface area contributed by atoms with Gasteiger partial charge in [0.25, 0.3) is 5.91 Å². The first-order chi connectivity index (χ1) is 20.3. The molecule has 0 radical (unpaired) electrons. The van der Waals surface area contributed by atoms with Crippen molar-refractivity contribution >= 4 is 11.8 Å². The number of carbonyl (C=O) groups excluding carboxylic acids is 2. The molecular weight excluding hydrogens is 532 g/mol. The lowest BCUT2D eigenvalue weighted by Crippen LogP contribution is -2.40. The third-order valence-electron chi connectivity index (χ3n) is 8.06. The molecule has 3 aromatic carbocycles. The van der Waals surface area contributed by atoms with Crippen molar-refractivity contribution in [3.05, 3.63) is 100 Å². The topological polar surface area (TPSA) is 106 Å². The second kappa shape index (κ2) is 11.2. The lowest BCUT2D eigenvalue weighted by Gasteiger charge is -2.21. The molecule has 4 bridgehead atoms. The van der Waals surface area contributed by atoms with Crippen molar-refractivity contribution in [2.45, 2.75) is 45.2 Å². The molecule has 9 nitrogen and oxygen atoms in total. The van der Waals surface area contributed by atoms with Crippen molar-refractivity contribution in [1.29, 1.82) is 0 Å². The minimum absolute atomic E-state index is 0.00104. The number of nitrogens with one attached hydrogen (secondary N) is 1. The van der Waals surface area contributed by atoms with Crippen LogP contribution < -0.4 is 14.8 Å². The summed E-state index contributed by atoms with van der Waals surface area (Å²) in [6.45, 7) is 5.37. The van der Waals surface area contributed by atoms with Crippen LogP contribution >= 0.6 is 0 Å². The van der Waals surface area contributed by atoms with Crippen molar-refractivity contribution in [3.8, 4) is 23.0 Å². The first kappa shape index (κ1) is 27.4. The predicted molar refractivity (Wildman–Crippen MR) is 157 cm³/mol. The average Bonchev–Trinajstić information content (AvgIpc) is 3.54.